The van der Waals surface area contributed by atoms with E-state index in [1.165, 1.54) is 0 Å². The maximum Gasteiger partial charge on any atom is 0.269 e. The SMILES string of the molecule is N#Cc1ccc(CC(=O)N2CCC(CNC(=O)c3ccccn3)CC2)cn1. The van der Waals surface area contributed by atoms with Gasteiger partial charge in [-0.3, -0.25) is 14.6 Å². The maximum absolute atomic E-state index is 12.4. The Balaban J connectivity index is 1.42. The summed E-state index contributed by atoms with van der Waals surface area (Å²) in [6.07, 6.45) is 5.19. The summed E-state index contributed by atoms with van der Waals surface area (Å²) >= 11 is 0. The van der Waals surface area contributed by atoms with Crippen LogP contribution in [0, 0.1) is 17.2 Å². The van der Waals surface area contributed by atoms with Crippen LogP contribution >= 0.6 is 0 Å². The molecule has 0 aliphatic carbocycles. The number of hydrogen-bond donors (Lipinski definition) is 1. The van der Waals surface area contributed by atoms with Gasteiger partial charge in [0.1, 0.15) is 17.5 Å². The van der Waals surface area contributed by atoms with Crippen molar-refractivity contribution in [2.24, 2.45) is 5.92 Å². The van der Waals surface area contributed by atoms with Crippen LogP contribution in [0.4, 0.5) is 0 Å². The number of likely N-dealkylation sites (tertiary alicyclic amines) is 1. The Bertz CT molecular complexity index is 822. The summed E-state index contributed by atoms with van der Waals surface area (Å²) < 4.78 is 0. The third-order valence-corrected chi connectivity index (χ3v) is 4.71. The van der Waals surface area contributed by atoms with Gasteiger partial charge < -0.3 is 10.2 Å². The molecule has 0 radical (unpaired) electrons. The molecule has 1 saturated heterocycles. The van der Waals surface area contributed by atoms with Crippen LogP contribution < -0.4 is 5.32 Å². The lowest BCUT2D eigenvalue weighted by atomic mass is 9.96. The Hall–Kier alpha value is -3.27. The molecule has 0 unspecified atom stereocenters. The molecule has 27 heavy (non-hydrogen) atoms. The fourth-order valence-corrected chi connectivity index (χ4v) is 3.09. The van der Waals surface area contributed by atoms with Gasteiger partial charge in [-0.1, -0.05) is 12.1 Å². The second kappa shape index (κ2) is 8.90. The molecule has 2 amide bonds. The zero-order valence-electron chi connectivity index (χ0n) is 15.0. The lowest BCUT2D eigenvalue weighted by molar-refractivity contribution is -0.131. The van der Waals surface area contributed by atoms with Crippen LogP contribution in [0.1, 0.15) is 34.6 Å². The maximum atomic E-state index is 12.4. The molecular weight excluding hydrogens is 342 g/mol. The highest BCUT2D eigenvalue weighted by Gasteiger charge is 2.23. The number of amides is 2. The second-order valence-electron chi connectivity index (χ2n) is 6.59. The molecule has 7 nitrogen and oxygen atoms in total. The van der Waals surface area contributed by atoms with Gasteiger partial charge in [-0.05, 0) is 42.5 Å². The minimum atomic E-state index is -0.164. The molecule has 1 N–H and O–H groups in total. The van der Waals surface area contributed by atoms with E-state index in [2.05, 4.69) is 15.3 Å². The van der Waals surface area contributed by atoms with Gasteiger partial charge in [0.05, 0.1) is 6.42 Å². The standard InChI is InChI=1S/C20H21N5O2/c21-12-17-5-4-16(14-23-17)11-19(26)25-9-6-15(7-10-25)13-24-20(27)18-3-1-2-8-22-18/h1-5,8,14-15H,6-7,9-11,13H2,(H,24,27). The van der Waals surface area contributed by atoms with Crippen LogP contribution in [-0.4, -0.2) is 46.3 Å². The summed E-state index contributed by atoms with van der Waals surface area (Å²) in [6.45, 7) is 1.97. The minimum absolute atomic E-state index is 0.0671. The fraction of sp³-hybridized carbons (Fsp3) is 0.350. The molecule has 0 aromatic carbocycles. The molecule has 1 aliphatic heterocycles. The van der Waals surface area contributed by atoms with E-state index >= 15 is 0 Å². The first kappa shape index (κ1) is 18.5. The summed E-state index contributed by atoms with van der Waals surface area (Å²) in [4.78, 5) is 34.4. The number of nitriles is 1. The van der Waals surface area contributed by atoms with E-state index in [0.717, 1.165) is 18.4 Å². The Kier molecular flexibility index (Phi) is 6.10. The zero-order valence-corrected chi connectivity index (χ0v) is 15.0. The summed E-state index contributed by atoms with van der Waals surface area (Å²) in [6, 6.07) is 10.6. The molecule has 1 fully saturated rings. The smallest absolute Gasteiger partial charge is 0.269 e. The van der Waals surface area contributed by atoms with Gasteiger partial charge in [-0.15, -0.1) is 0 Å². The van der Waals surface area contributed by atoms with Crippen molar-refractivity contribution in [3.8, 4) is 6.07 Å². The molecule has 1 aliphatic rings. The molecule has 2 aromatic heterocycles. The van der Waals surface area contributed by atoms with Crippen molar-refractivity contribution in [1.82, 2.24) is 20.2 Å². The normalized spacial score (nSPS) is 14.4. The largest absolute Gasteiger partial charge is 0.350 e. The van der Waals surface area contributed by atoms with E-state index in [1.807, 2.05) is 11.0 Å². The van der Waals surface area contributed by atoms with E-state index in [9.17, 15) is 9.59 Å². The van der Waals surface area contributed by atoms with Crippen LogP contribution in [0.2, 0.25) is 0 Å². The lowest BCUT2D eigenvalue weighted by Gasteiger charge is -2.32. The molecule has 7 heteroatoms. The number of carbonyl (C=O) groups is 2. The van der Waals surface area contributed by atoms with Gasteiger partial charge >= 0.3 is 0 Å². The Morgan fingerprint density at radius 2 is 2.00 bits per heavy atom. The average molecular weight is 363 g/mol. The lowest BCUT2D eigenvalue weighted by Crippen LogP contribution is -2.42. The van der Waals surface area contributed by atoms with Crippen LogP contribution in [0.25, 0.3) is 0 Å². The predicted molar refractivity (Wildman–Crippen MR) is 98.5 cm³/mol. The average Bonchev–Trinajstić information content (AvgIpc) is 2.73. The van der Waals surface area contributed by atoms with E-state index in [0.29, 0.717) is 43.4 Å². The van der Waals surface area contributed by atoms with Gasteiger partial charge in [0.15, 0.2) is 0 Å². The third kappa shape index (κ3) is 5.11. The number of rotatable bonds is 5. The summed E-state index contributed by atoms with van der Waals surface area (Å²) in [7, 11) is 0. The van der Waals surface area contributed by atoms with Crippen LogP contribution in [0.5, 0.6) is 0 Å². The van der Waals surface area contributed by atoms with Gasteiger partial charge in [-0.25, -0.2) is 4.98 Å². The van der Waals surface area contributed by atoms with E-state index in [-0.39, 0.29) is 11.8 Å². The van der Waals surface area contributed by atoms with Crippen molar-refractivity contribution in [1.29, 1.82) is 5.26 Å². The Morgan fingerprint density at radius 3 is 2.63 bits per heavy atom. The number of pyridine rings is 2. The third-order valence-electron chi connectivity index (χ3n) is 4.71. The van der Waals surface area contributed by atoms with Crippen LogP contribution in [0.3, 0.4) is 0 Å². The Labute approximate surface area is 158 Å². The van der Waals surface area contributed by atoms with E-state index in [4.69, 9.17) is 5.26 Å². The van der Waals surface area contributed by atoms with E-state index in [1.54, 1.807) is 42.7 Å². The molecule has 0 spiro atoms. The Morgan fingerprint density at radius 1 is 1.19 bits per heavy atom. The van der Waals surface area contributed by atoms with Gasteiger partial charge in [-0.2, -0.15) is 5.26 Å². The fourth-order valence-electron chi connectivity index (χ4n) is 3.09. The number of aromatic nitrogens is 2. The van der Waals surface area contributed by atoms with Crippen molar-refractivity contribution in [3.63, 3.8) is 0 Å². The topological polar surface area (TPSA) is 99.0 Å². The minimum Gasteiger partial charge on any atom is -0.350 e. The first-order chi connectivity index (χ1) is 13.2. The van der Waals surface area contributed by atoms with Crippen molar-refractivity contribution in [2.75, 3.05) is 19.6 Å². The van der Waals surface area contributed by atoms with Gasteiger partial charge in [0.2, 0.25) is 5.91 Å². The number of piperidine rings is 1. The monoisotopic (exact) mass is 363 g/mol. The summed E-state index contributed by atoms with van der Waals surface area (Å²) in [5, 5.41) is 11.7. The number of nitrogens with one attached hydrogen (secondary N) is 1. The number of hydrogen-bond acceptors (Lipinski definition) is 5. The molecule has 0 bridgehead atoms. The summed E-state index contributed by atoms with van der Waals surface area (Å²) in [5.41, 5.74) is 1.57. The first-order valence-electron chi connectivity index (χ1n) is 8.97. The highest BCUT2D eigenvalue weighted by Crippen LogP contribution is 2.17. The number of nitrogens with zero attached hydrogens (tertiary/aromatic N) is 4. The molecule has 3 heterocycles. The highest BCUT2D eigenvalue weighted by molar-refractivity contribution is 5.92. The van der Waals surface area contributed by atoms with Crippen molar-refractivity contribution < 1.29 is 9.59 Å². The quantitative estimate of drug-likeness (QED) is 0.869. The molecule has 3 rings (SSSR count). The summed E-state index contributed by atoms with van der Waals surface area (Å²) in [5.74, 6) is 0.262. The van der Waals surface area contributed by atoms with Crippen molar-refractivity contribution in [2.45, 2.75) is 19.3 Å². The first-order valence-corrected chi connectivity index (χ1v) is 8.97. The molecule has 0 saturated carbocycles. The molecular formula is C20H21N5O2. The van der Waals surface area contributed by atoms with Crippen molar-refractivity contribution >= 4 is 11.8 Å². The van der Waals surface area contributed by atoms with E-state index < -0.39 is 0 Å². The molecule has 138 valence electrons. The van der Waals surface area contributed by atoms with Crippen molar-refractivity contribution in [3.05, 3.63) is 59.7 Å². The van der Waals surface area contributed by atoms with Crippen LogP contribution in [0.15, 0.2) is 42.7 Å². The number of carbonyl (C=O) groups excluding carboxylic acids is 2. The van der Waals surface area contributed by atoms with Gasteiger partial charge in [0.25, 0.3) is 5.91 Å². The van der Waals surface area contributed by atoms with Crippen LogP contribution in [-0.2, 0) is 11.2 Å². The highest BCUT2D eigenvalue weighted by atomic mass is 16.2. The molecule has 0 atom stereocenters. The zero-order chi connectivity index (χ0) is 19.1. The van der Waals surface area contributed by atoms with Gasteiger partial charge in [0, 0.05) is 32.0 Å². The predicted octanol–water partition coefficient (Wildman–Crippen LogP) is 1.56. The molecule has 2 aromatic rings. The second-order valence-corrected chi connectivity index (χ2v) is 6.59.